The van der Waals surface area contributed by atoms with Gasteiger partial charge in [-0.15, -0.1) is 11.6 Å². The molecular formula is C21H23Cl2F3NaO7P. The smallest absolute Gasteiger partial charge is 0.746 e. The van der Waals surface area contributed by atoms with Crippen LogP contribution in [0.15, 0.2) is 18.2 Å². The quantitative estimate of drug-likeness (QED) is 0.216. The van der Waals surface area contributed by atoms with Crippen LogP contribution >= 0.6 is 31.0 Å². The molecule has 1 aliphatic heterocycles. The Labute approximate surface area is 234 Å². The van der Waals surface area contributed by atoms with Gasteiger partial charge in [-0.05, 0) is 68.9 Å². The van der Waals surface area contributed by atoms with Crippen LogP contribution < -0.4 is 39.0 Å². The van der Waals surface area contributed by atoms with E-state index in [0.717, 1.165) is 6.42 Å². The zero-order valence-corrected chi connectivity index (χ0v) is 23.2. The van der Waals surface area contributed by atoms with Gasteiger partial charge in [0.2, 0.25) is 0 Å². The summed E-state index contributed by atoms with van der Waals surface area (Å²) >= 11 is 13.0. The van der Waals surface area contributed by atoms with Gasteiger partial charge in [0, 0.05) is 11.8 Å². The van der Waals surface area contributed by atoms with Gasteiger partial charge in [-0.25, -0.2) is 4.89 Å². The summed E-state index contributed by atoms with van der Waals surface area (Å²) in [4.78, 5) is 22.8. The van der Waals surface area contributed by atoms with Gasteiger partial charge in [0.05, 0.1) is 11.6 Å². The summed E-state index contributed by atoms with van der Waals surface area (Å²) < 4.78 is 74.2. The minimum atomic E-state index is -4.90. The molecule has 4 atom stereocenters. The largest absolute Gasteiger partial charge is 1.00 e. The third-order valence-electron chi connectivity index (χ3n) is 7.35. The van der Waals surface area contributed by atoms with E-state index in [2.05, 4.69) is 4.52 Å². The van der Waals surface area contributed by atoms with Gasteiger partial charge in [0.25, 0.3) is 5.79 Å². The van der Waals surface area contributed by atoms with Crippen molar-refractivity contribution in [2.75, 3.05) is 13.2 Å². The first-order valence-corrected chi connectivity index (χ1v) is 13.0. The molecule has 4 bridgehead atoms. The fourth-order valence-electron chi connectivity index (χ4n) is 6.47. The number of hydrogen-bond acceptors (Lipinski definition) is 7. The standard InChI is InChI=1S/C21H24Cl2F3O7P.Na/c1-2-30-34(27,28)31-17-7-13(3-4-16(17)22)21(29-11-19(24,25)26)20(32-33-21)14-5-12-6-15(20)10-18(23,8-12)9-14;/h3-4,7,12,14-15H,2,5-6,8-11H2,1H3,(H,27,28);/q;+1/p-1/i1D;. The maximum Gasteiger partial charge on any atom is 1.00 e. The Morgan fingerprint density at radius 1 is 1.26 bits per heavy atom. The minimum absolute atomic E-state index is 0. The first-order chi connectivity index (χ1) is 16.3. The molecule has 14 heteroatoms. The Balaban J connectivity index is 0.00000304. The molecule has 0 amide bonds. The number of halogens is 5. The van der Waals surface area contributed by atoms with Crippen molar-refractivity contribution in [2.45, 2.75) is 61.4 Å². The van der Waals surface area contributed by atoms with E-state index in [9.17, 15) is 22.6 Å². The molecule has 1 aromatic rings. The molecule has 4 aliphatic carbocycles. The summed E-state index contributed by atoms with van der Waals surface area (Å²) in [5.41, 5.74) is -1.16. The van der Waals surface area contributed by atoms with Crippen molar-refractivity contribution >= 4 is 31.0 Å². The Morgan fingerprint density at radius 2 is 1.94 bits per heavy atom. The van der Waals surface area contributed by atoms with Gasteiger partial charge in [0.1, 0.15) is 12.4 Å². The van der Waals surface area contributed by atoms with E-state index in [0.29, 0.717) is 31.6 Å². The second kappa shape index (κ2) is 9.56. The fourth-order valence-corrected chi connectivity index (χ4v) is 7.94. The van der Waals surface area contributed by atoms with Crippen molar-refractivity contribution in [3.63, 3.8) is 0 Å². The topological polar surface area (TPSA) is 86.3 Å². The molecule has 0 N–H and O–H groups in total. The molecule has 1 aromatic carbocycles. The van der Waals surface area contributed by atoms with Gasteiger partial charge < -0.3 is 18.7 Å². The summed E-state index contributed by atoms with van der Waals surface area (Å²) in [6.45, 7) is -2.36. The van der Waals surface area contributed by atoms with E-state index in [-0.39, 0.29) is 64.6 Å². The van der Waals surface area contributed by atoms with E-state index < -0.39 is 43.5 Å². The molecule has 4 unspecified atom stereocenters. The van der Waals surface area contributed by atoms with Crippen LogP contribution in [0.2, 0.25) is 5.02 Å². The third kappa shape index (κ3) is 4.84. The first-order valence-electron chi connectivity index (χ1n) is 11.5. The monoisotopic (exact) mass is 569 g/mol. The van der Waals surface area contributed by atoms with E-state index >= 15 is 0 Å². The summed E-state index contributed by atoms with van der Waals surface area (Å²) in [5, 5.41) is -0.121. The van der Waals surface area contributed by atoms with Crippen molar-refractivity contribution in [2.24, 2.45) is 17.8 Å². The second-order valence-electron chi connectivity index (χ2n) is 9.49. The molecule has 0 radical (unpaired) electrons. The van der Waals surface area contributed by atoms with E-state index in [1.54, 1.807) is 0 Å². The molecule has 35 heavy (non-hydrogen) atoms. The van der Waals surface area contributed by atoms with Crippen LogP contribution in [0.25, 0.3) is 0 Å². The molecule has 1 spiro atoms. The van der Waals surface area contributed by atoms with Crippen LogP contribution in [-0.4, -0.2) is 29.9 Å². The van der Waals surface area contributed by atoms with Crippen LogP contribution in [0.4, 0.5) is 13.2 Å². The SMILES string of the molecule is [2H]CCOP(=O)([O-])Oc1cc(C2(OCC(F)(F)F)OOC23C2CC4CC3CC(Cl)(C4)C2)ccc1Cl.[Na+]. The number of alkyl halides is 4. The first kappa shape index (κ1) is 27.0. The number of benzene rings is 1. The number of phosphoric ester groups is 1. The normalized spacial score (nSPS) is 39.5. The van der Waals surface area contributed by atoms with Crippen molar-refractivity contribution in [3.8, 4) is 5.75 Å². The van der Waals surface area contributed by atoms with Crippen LogP contribution in [0, 0.1) is 17.8 Å². The van der Waals surface area contributed by atoms with Gasteiger partial charge in [0.15, 0.2) is 5.60 Å². The summed E-state index contributed by atoms with van der Waals surface area (Å²) in [5.74, 6) is -2.45. The summed E-state index contributed by atoms with van der Waals surface area (Å²) in [7, 11) is -4.90. The van der Waals surface area contributed by atoms with Crippen LogP contribution in [0.5, 0.6) is 5.75 Å². The molecule has 7 nitrogen and oxygen atoms in total. The molecular weight excluding hydrogens is 546 g/mol. The molecule has 190 valence electrons. The zero-order valence-electron chi connectivity index (χ0n) is 19.8. The van der Waals surface area contributed by atoms with Gasteiger partial charge >= 0.3 is 43.6 Å². The van der Waals surface area contributed by atoms with Gasteiger partial charge in [-0.2, -0.15) is 18.1 Å². The molecule has 4 saturated carbocycles. The predicted octanol–water partition coefficient (Wildman–Crippen LogP) is 2.48. The van der Waals surface area contributed by atoms with E-state index in [1.807, 2.05) is 0 Å². The van der Waals surface area contributed by atoms with Crippen LogP contribution in [-0.2, 0) is 29.4 Å². The molecule has 5 aliphatic rings. The van der Waals surface area contributed by atoms with Crippen molar-refractivity contribution in [1.29, 1.82) is 0 Å². The Bertz CT molecular complexity index is 1040. The molecule has 6 rings (SSSR count). The second-order valence-corrected chi connectivity index (χ2v) is 12.0. The van der Waals surface area contributed by atoms with Crippen molar-refractivity contribution < 1.29 is 77.1 Å². The van der Waals surface area contributed by atoms with Crippen molar-refractivity contribution in [1.82, 2.24) is 0 Å². The number of hydrogen-bond donors (Lipinski definition) is 0. The van der Waals surface area contributed by atoms with Crippen LogP contribution in [0.3, 0.4) is 0 Å². The summed E-state index contributed by atoms with van der Waals surface area (Å²) in [6.07, 6.45) is -1.32. The summed E-state index contributed by atoms with van der Waals surface area (Å²) in [6, 6.07) is 3.85. The molecule has 1 heterocycles. The van der Waals surface area contributed by atoms with Crippen LogP contribution in [0.1, 0.15) is 45.9 Å². The maximum absolute atomic E-state index is 13.3. The van der Waals surface area contributed by atoms with Gasteiger partial charge in [-0.1, -0.05) is 17.7 Å². The zero-order chi connectivity index (χ0) is 25.3. The number of phosphoric acid groups is 1. The molecule has 0 aromatic heterocycles. The Hall–Kier alpha value is 0.420. The predicted molar refractivity (Wildman–Crippen MR) is 112 cm³/mol. The van der Waals surface area contributed by atoms with Crippen molar-refractivity contribution in [3.05, 3.63) is 28.8 Å². The maximum atomic E-state index is 13.3. The van der Waals surface area contributed by atoms with E-state index in [4.69, 9.17) is 43.6 Å². The van der Waals surface area contributed by atoms with E-state index in [1.165, 1.54) is 18.2 Å². The Morgan fingerprint density at radius 3 is 2.49 bits per heavy atom. The molecule has 5 fully saturated rings. The minimum Gasteiger partial charge on any atom is -0.746 e. The third-order valence-corrected chi connectivity index (χ3v) is 9.04. The Kier molecular flexibility index (Phi) is 7.37. The fraction of sp³-hybridized carbons (Fsp3) is 0.714. The molecule has 1 saturated heterocycles. The average Bonchev–Trinajstić information content (AvgIpc) is 2.72. The average molecular weight is 570 g/mol. The number of ether oxygens (including phenoxy) is 1. The number of rotatable bonds is 7. The van der Waals surface area contributed by atoms with Gasteiger partial charge in [-0.3, -0.25) is 4.57 Å².